The third-order valence-corrected chi connectivity index (χ3v) is 2.65. The Balaban J connectivity index is 2.25. The van der Waals surface area contributed by atoms with Gasteiger partial charge in [0.05, 0.1) is 0 Å². The van der Waals surface area contributed by atoms with E-state index in [2.05, 4.69) is 0 Å². The van der Waals surface area contributed by atoms with Crippen LogP contribution in [0.1, 0.15) is 17.5 Å². The average Bonchev–Trinajstić information content (AvgIpc) is 2.28. The molecule has 2 rings (SSSR count). The highest BCUT2D eigenvalue weighted by atomic mass is 19.2. The average molecular weight is 219 g/mol. The van der Waals surface area contributed by atoms with Gasteiger partial charge in [-0.15, -0.1) is 0 Å². The molecule has 0 radical (unpaired) electrons. The third kappa shape index (κ3) is 2.38. The van der Waals surface area contributed by atoms with Gasteiger partial charge in [0.1, 0.15) is 0 Å². The van der Waals surface area contributed by atoms with Crippen LogP contribution in [0.2, 0.25) is 0 Å². The van der Waals surface area contributed by atoms with E-state index < -0.39 is 5.85 Å². The molecule has 16 heavy (non-hydrogen) atoms. The molecule has 2 nitrogen and oxygen atoms in total. The van der Waals surface area contributed by atoms with Crippen molar-refractivity contribution >= 4 is 5.57 Å². The van der Waals surface area contributed by atoms with Crippen LogP contribution < -0.4 is 5.73 Å². The lowest BCUT2D eigenvalue weighted by atomic mass is 9.94. The summed E-state index contributed by atoms with van der Waals surface area (Å²) in [6.45, 7) is 0.492. The maximum absolute atomic E-state index is 13.4. The van der Waals surface area contributed by atoms with E-state index >= 15 is 0 Å². The monoisotopic (exact) mass is 219 g/mol. The summed E-state index contributed by atoms with van der Waals surface area (Å²) < 4.78 is 13.4. The maximum Gasteiger partial charge on any atom is 0.230 e. The molecule has 0 spiro atoms. The zero-order valence-electron chi connectivity index (χ0n) is 8.86. The fourth-order valence-electron chi connectivity index (χ4n) is 1.75. The van der Waals surface area contributed by atoms with Gasteiger partial charge < -0.3 is 10.8 Å². The summed E-state index contributed by atoms with van der Waals surface area (Å²) in [7, 11) is 0. The standard InChI is InChI=1S/C13H14FNO/c14-13(16)7-1-2-12(8-13)11-5-3-10(9-15)4-6-11/h1-7,16H,8-9,15H2. The Hall–Kier alpha value is -1.45. The minimum atomic E-state index is -2.23. The molecule has 0 aromatic heterocycles. The van der Waals surface area contributed by atoms with E-state index in [1.165, 1.54) is 6.08 Å². The van der Waals surface area contributed by atoms with E-state index in [9.17, 15) is 9.50 Å². The van der Waals surface area contributed by atoms with Gasteiger partial charge in [0.15, 0.2) is 0 Å². The molecular weight excluding hydrogens is 205 g/mol. The summed E-state index contributed by atoms with van der Waals surface area (Å²) in [5.41, 5.74) is 8.23. The Morgan fingerprint density at radius 2 is 2.00 bits per heavy atom. The number of alkyl halides is 1. The number of nitrogens with two attached hydrogens (primary N) is 1. The Bertz CT molecular complexity index is 432. The normalized spacial score (nSPS) is 24.3. The highest BCUT2D eigenvalue weighted by molar-refractivity contribution is 5.69. The van der Waals surface area contributed by atoms with Crippen LogP contribution in [0.3, 0.4) is 0 Å². The lowest BCUT2D eigenvalue weighted by molar-refractivity contribution is -0.0363. The van der Waals surface area contributed by atoms with Gasteiger partial charge in [0.2, 0.25) is 5.85 Å². The van der Waals surface area contributed by atoms with Gasteiger partial charge in [-0.05, 0) is 22.8 Å². The van der Waals surface area contributed by atoms with E-state index in [1.807, 2.05) is 30.3 Å². The molecule has 1 aromatic rings. The van der Waals surface area contributed by atoms with E-state index in [1.54, 1.807) is 0 Å². The van der Waals surface area contributed by atoms with E-state index in [0.29, 0.717) is 6.54 Å². The first-order valence-electron chi connectivity index (χ1n) is 5.20. The third-order valence-electron chi connectivity index (χ3n) is 2.65. The molecule has 3 heteroatoms. The Morgan fingerprint density at radius 3 is 2.56 bits per heavy atom. The first-order valence-corrected chi connectivity index (χ1v) is 5.20. The van der Waals surface area contributed by atoms with Gasteiger partial charge in [-0.3, -0.25) is 0 Å². The van der Waals surface area contributed by atoms with Crippen molar-refractivity contribution < 1.29 is 9.50 Å². The predicted molar refractivity (Wildman–Crippen MR) is 62.1 cm³/mol. The highest BCUT2D eigenvalue weighted by Crippen LogP contribution is 2.30. The Kier molecular flexibility index (Phi) is 2.90. The molecule has 1 aromatic carbocycles. The molecule has 0 heterocycles. The summed E-state index contributed by atoms with van der Waals surface area (Å²) in [6, 6.07) is 7.60. The number of aliphatic hydroxyl groups is 1. The number of benzene rings is 1. The largest absolute Gasteiger partial charge is 0.358 e. The van der Waals surface area contributed by atoms with Gasteiger partial charge in [-0.25, -0.2) is 4.39 Å². The quantitative estimate of drug-likeness (QED) is 0.800. The van der Waals surface area contributed by atoms with Gasteiger partial charge in [-0.1, -0.05) is 36.4 Å². The second-order valence-electron chi connectivity index (χ2n) is 3.95. The van der Waals surface area contributed by atoms with Gasteiger partial charge in [-0.2, -0.15) is 0 Å². The fourth-order valence-corrected chi connectivity index (χ4v) is 1.75. The number of hydrogen-bond acceptors (Lipinski definition) is 2. The van der Waals surface area contributed by atoms with Gasteiger partial charge >= 0.3 is 0 Å². The number of hydrogen-bond donors (Lipinski definition) is 2. The van der Waals surface area contributed by atoms with E-state index in [-0.39, 0.29) is 6.42 Å². The van der Waals surface area contributed by atoms with Crippen LogP contribution in [0.15, 0.2) is 42.5 Å². The molecule has 84 valence electrons. The number of rotatable bonds is 2. The number of halogens is 1. The van der Waals surface area contributed by atoms with Crippen molar-refractivity contribution in [1.29, 1.82) is 0 Å². The summed E-state index contributed by atoms with van der Waals surface area (Å²) in [5, 5.41) is 9.29. The second-order valence-corrected chi connectivity index (χ2v) is 3.95. The van der Waals surface area contributed by atoms with Crippen LogP contribution in [-0.4, -0.2) is 11.0 Å². The molecule has 0 saturated heterocycles. The molecule has 0 saturated carbocycles. The van der Waals surface area contributed by atoms with Gasteiger partial charge in [0, 0.05) is 13.0 Å². The topological polar surface area (TPSA) is 46.2 Å². The lowest BCUT2D eigenvalue weighted by Crippen LogP contribution is -2.20. The summed E-state index contributed by atoms with van der Waals surface area (Å²) in [6.07, 6.45) is 4.50. The predicted octanol–water partition coefficient (Wildman–Crippen LogP) is 2.15. The summed E-state index contributed by atoms with van der Waals surface area (Å²) >= 11 is 0. The second kappa shape index (κ2) is 4.20. The van der Waals surface area contributed by atoms with E-state index in [0.717, 1.165) is 22.8 Å². The van der Waals surface area contributed by atoms with Crippen LogP contribution in [0.4, 0.5) is 4.39 Å². The van der Waals surface area contributed by atoms with Gasteiger partial charge in [0.25, 0.3) is 0 Å². The molecule has 1 unspecified atom stereocenters. The Labute approximate surface area is 93.9 Å². The SMILES string of the molecule is NCc1ccc(C2=CC=CC(O)(F)C2)cc1. The molecule has 1 aliphatic carbocycles. The first-order chi connectivity index (χ1) is 7.61. The summed E-state index contributed by atoms with van der Waals surface area (Å²) in [4.78, 5) is 0. The molecule has 0 fully saturated rings. The van der Waals surface area contributed by atoms with Crippen molar-refractivity contribution in [3.8, 4) is 0 Å². The van der Waals surface area contributed by atoms with Crippen LogP contribution in [0, 0.1) is 0 Å². The smallest absolute Gasteiger partial charge is 0.230 e. The number of allylic oxidation sites excluding steroid dienone is 2. The minimum Gasteiger partial charge on any atom is -0.358 e. The van der Waals surface area contributed by atoms with Crippen molar-refractivity contribution in [2.24, 2.45) is 5.73 Å². The van der Waals surface area contributed by atoms with Crippen molar-refractivity contribution in [3.63, 3.8) is 0 Å². The maximum atomic E-state index is 13.4. The van der Waals surface area contributed by atoms with E-state index in [4.69, 9.17) is 5.73 Å². The van der Waals surface area contributed by atoms with Crippen LogP contribution >= 0.6 is 0 Å². The molecule has 1 atom stereocenters. The minimum absolute atomic E-state index is 0.00846. The fraction of sp³-hybridized carbons (Fsp3) is 0.231. The first kappa shape index (κ1) is 11.0. The molecule has 0 amide bonds. The molecular formula is C13H14FNO. The molecule has 1 aliphatic rings. The highest BCUT2D eigenvalue weighted by Gasteiger charge is 2.26. The van der Waals surface area contributed by atoms with Crippen LogP contribution in [0.5, 0.6) is 0 Å². The van der Waals surface area contributed by atoms with Crippen LogP contribution in [0.25, 0.3) is 5.57 Å². The van der Waals surface area contributed by atoms with Crippen LogP contribution in [-0.2, 0) is 6.54 Å². The summed E-state index contributed by atoms with van der Waals surface area (Å²) in [5.74, 6) is -2.23. The van der Waals surface area contributed by atoms with Crippen molar-refractivity contribution in [2.75, 3.05) is 0 Å². The Morgan fingerprint density at radius 1 is 1.31 bits per heavy atom. The van der Waals surface area contributed by atoms with Crippen molar-refractivity contribution in [3.05, 3.63) is 53.6 Å². The zero-order chi connectivity index (χ0) is 11.6. The molecule has 0 bridgehead atoms. The lowest BCUT2D eigenvalue weighted by Gasteiger charge is -2.20. The zero-order valence-corrected chi connectivity index (χ0v) is 8.86. The molecule has 3 N–H and O–H groups in total. The van der Waals surface area contributed by atoms with Crippen molar-refractivity contribution in [1.82, 2.24) is 0 Å². The molecule has 0 aliphatic heterocycles. The van der Waals surface area contributed by atoms with Crippen molar-refractivity contribution in [2.45, 2.75) is 18.8 Å².